The molecule has 0 radical (unpaired) electrons. The van der Waals surface area contributed by atoms with E-state index in [2.05, 4.69) is 152 Å². The Balaban J connectivity index is 1.46. The Kier molecular flexibility index (Phi) is 8.20. The number of nitrogens with zero attached hydrogens (tertiary/aromatic N) is 2. The predicted octanol–water partition coefficient (Wildman–Crippen LogP) is 9.40. The summed E-state index contributed by atoms with van der Waals surface area (Å²) in [4.78, 5) is 10.7. The Hall–Kier alpha value is -4.18. The minimum atomic E-state index is -0.750. The Morgan fingerprint density at radius 3 is 1.00 bits per heavy atom. The Morgan fingerprint density at radius 1 is 0.489 bits per heavy atom. The van der Waals surface area contributed by atoms with Gasteiger partial charge in [-0.15, -0.1) is 0 Å². The molecule has 0 bridgehead atoms. The summed E-state index contributed by atoms with van der Waals surface area (Å²) in [5.74, 6) is 1.81. The van der Waals surface area contributed by atoms with Crippen LogP contribution in [0.1, 0.15) is 78.6 Å². The van der Waals surface area contributed by atoms with Gasteiger partial charge in [0, 0.05) is 22.3 Å². The highest BCUT2D eigenvalue weighted by molar-refractivity contribution is 5.99. The van der Waals surface area contributed by atoms with Crippen molar-refractivity contribution < 1.29 is 9.47 Å². The predicted molar refractivity (Wildman–Crippen MR) is 185 cm³/mol. The summed E-state index contributed by atoms with van der Waals surface area (Å²) in [7, 11) is 0. The third kappa shape index (κ3) is 5.09. The van der Waals surface area contributed by atoms with Gasteiger partial charge in [-0.3, -0.25) is 0 Å². The van der Waals surface area contributed by atoms with Gasteiger partial charge in [0.1, 0.15) is 12.1 Å². The van der Waals surface area contributed by atoms with E-state index in [1.807, 2.05) is 0 Å². The molecule has 6 rings (SSSR count). The van der Waals surface area contributed by atoms with Gasteiger partial charge < -0.3 is 9.47 Å². The van der Waals surface area contributed by atoms with Crippen molar-refractivity contribution in [1.82, 2.24) is 0 Å². The quantitative estimate of drug-likeness (QED) is 0.203. The third-order valence-corrected chi connectivity index (χ3v) is 9.70. The lowest BCUT2D eigenvalue weighted by atomic mass is 9.73. The first-order chi connectivity index (χ1) is 21.6. The second-order valence-electron chi connectivity index (χ2n) is 13.5. The summed E-state index contributed by atoms with van der Waals surface area (Å²) in [6.07, 6.45) is 0.394. The van der Waals surface area contributed by atoms with Crippen LogP contribution in [0.15, 0.2) is 107 Å². The number of rotatable bonds is 8. The van der Waals surface area contributed by atoms with Gasteiger partial charge in [-0.25, -0.2) is 9.98 Å². The number of benzene rings is 4. The lowest BCUT2D eigenvalue weighted by Crippen LogP contribution is -2.43. The molecule has 0 amide bonds. The maximum atomic E-state index is 7.23. The molecule has 0 N–H and O–H groups in total. The standard InChI is InChI=1S/C41H46N2O2/c1-26(2)38-40(32-21-13-9-17-28(32)5,33-22-14-10-18-29(33)6)44-36(42-38)25-37-43-39(27(3)4)41(45-37,34-23-15-11-19-30(34)7)35-24-16-12-20-31(35)8/h9-24,26-27,38-39H,25H2,1-8H3/t38-,39-/m1/s1. The summed E-state index contributed by atoms with van der Waals surface area (Å²) in [5.41, 5.74) is 7.87. The molecule has 0 aromatic heterocycles. The zero-order chi connectivity index (χ0) is 31.9. The van der Waals surface area contributed by atoms with E-state index in [4.69, 9.17) is 19.5 Å². The maximum Gasteiger partial charge on any atom is 0.194 e. The first kappa shape index (κ1) is 30.8. The van der Waals surface area contributed by atoms with Crippen LogP contribution in [0, 0.1) is 39.5 Å². The van der Waals surface area contributed by atoms with E-state index in [0.29, 0.717) is 18.2 Å². The van der Waals surface area contributed by atoms with Gasteiger partial charge >= 0.3 is 0 Å². The second kappa shape index (κ2) is 12.0. The average Bonchev–Trinajstić information content (AvgIpc) is 3.58. The van der Waals surface area contributed by atoms with E-state index in [9.17, 15) is 0 Å². The summed E-state index contributed by atoms with van der Waals surface area (Å²) in [6, 6.07) is 34.1. The zero-order valence-corrected chi connectivity index (χ0v) is 28.0. The van der Waals surface area contributed by atoms with Crippen molar-refractivity contribution in [3.8, 4) is 0 Å². The number of aliphatic imine (C=N–C) groups is 2. The van der Waals surface area contributed by atoms with Gasteiger partial charge in [0.25, 0.3) is 0 Å². The average molecular weight is 599 g/mol. The molecular weight excluding hydrogens is 552 g/mol. The Morgan fingerprint density at radius 2 is 0.756 bits per heavy atom. The van der Waals surface area contributed by atoms with Crippen LogP contribution >= 0.6 is 0 Å². The highest BCUT2D eigenvalue weighted by atomic mass is 16.5. The van der Waals surface area contributed by atoms with Crippen LogP contribution in [-0.2, 0) is 20.7 Å². The van der Waals surface area contributed by atoms with E-state index < -0.39 is 11.2 Å². The van der Waals surface area contributed by atoms with Gasteiger partial charge in [-0.05, 0) is 61.8 Å². The largest absolute Gasteiger partial charge is 0.462 e. The molecule has 0 spiro atoms. The smallest absolute Gasteiger partial charge is 0.194 e. The molecule has 4 aromatic carbocycles. The van der Waals surface area contributed by atoms with E-state index in [-0.39, 0.29) is 23.9 Å². The molecule has 4 nitrogen and oxygen atoms in total. The fraction of sp³-hybridized carbons (Fsp3) is 0.366. The highest BCUT2D eigenvalue weighted by Crippen LogP contribution is 2.50. The molecule has 4 heteroatoms. The fourth-order valence-electron chi connectivity index (χ4n) is 7.67. The topological polar surface area (TPSA) is 43.2 Å². The summed E-state index contributed by atoms with van der Waals surface area (Å²) < 4.78 is 14.5. The van der Waals surface area contributed by atoms with Crippen LogP contribution in [-0.4, -0.2) is 23.9 Å². The molecule has 0 fully saturated rings. The summed E-state index contributed by atoms with van der Waals surface area (Å²) >= 11 is 0. The zero-order valence-electron chi connectivity index (χ0n) is 28.0. The fourth-order valence-corrected chi connectivity index (χ4v) is 7.67. The lowest BCUT2D eigenvalue weighted by Gasteiger charge is -2.39. The minimum Gasteiger partial charge on any atom is -0.462 e. The molecule has 2 atom stereocenters. The summed E-state index contributed by atoms with van der Waals surface area (Å²) in [6.45, 7) is 17.6. The number of aryl methyl sites for hydroxylation is 4. The van der Waals surface area contributed by atoms with E-state index in [1.165, 1.54) is 22.3 Å². The van der Waals surface area contributed by atoms with Crippen molar-refractivity contribution in [3.63, 3.8) is 0 Å². The van der Waals surface area contributed by atoms with Crippen LogP contribution in [0.3, 0.4) is 0 Å². The summed E-state index contributed by atoms with van der Waals surface area (Å²) in [5, 5.41) is 0. The minimum absolute atomic E-state index is 0.116. The highest BCUT2D eigenvalue weighted by Gasteiger charge is 2.55. The van der Waals surface area contributed by atoms with Crippen LogP contribution in [0.2, 0.25) is 0 Å². The van der Waals surface area contributed by atoms with Crippen molar-refractivity contribution in [3.05, 3.63) is 142 Å². The molecular formula is C41H46N2O2. The molecule has 45 heavy (non-hydrogen) atoms. The third-order valence-electron chi connectivity index (χ3n) is 9.70. The molecule has 2 heterocycles. The monoisotopic (exact) mass is 598 g/mol. The van der Waals surface area contributed by atoms with E-state index >= 15 is 0 Å². The number of ether oxygens (including phenoxy) is 2. The van der Waals surface area contributed by atoms with Crippen LogP contribution in [0.5, 0.6) is 0 Å². The first-order valence-electron chi connectivity index (χ1n) is 16.4. The lowest BCUT2D eigenvalue weighted by molar-refractivity contribution is 0.0710. The van der Waals surface area contributed by atoms with Crippen LogP contribution in [0.4, 0.5) is 0 Å². The van der Waals surface area contributed by atoms with Crippen molar-refractivity contribution >= 4 is 11.8 Å². The Labute approximate surface area is 269 Å². The SMILES string of the molecule is Cc1ccccc1C1(c2ccccc2C)OC(CC2=N[C@H](C(C)C)C(c3ccccc3C)(c3ccccc3C)O2)=N[C@@H]1C(C)C. The van der Waals surface area contributed by atoms with Crippen molar-refractivity contribution in [1.29, 1.82) is 0 Å². The van der Waals surface area contributed by atoms with Crippen LogP contribution < -0.4 is 0 Å². The first-order valence-corrected chi connectivity index (χ1v) is 16.4. The molecule has 0 unspecified atom stereocenters. The van der Waals surface area contributed by atoms with E-state index in [0.717, 1.165) is 22.3 Å². The van der Waals surface area contributed by atoms with Gasteiger partial charge in [-0.1, -0.05) is 125 Å². The van der Waals surface area contributed by atoms with Gasteiger partial charge in [0.15, 0.2) is 23.0 Å². The maximum absolute atomic E-state index is 7.23. The van der Waals surface area contributed by atoms with Gasteiger partial charge in [0.05, 0.1) is 6.42 Å². The Bertz CT molecular complexity index is 1540. The second-order valence-corrected chi connectivity index (χ2v) is 13.5. The molecule has 2 aliphatic rings. The van der Waals surface area contributed by atoms with Crippen molar-refractivity contribution in [2.75, 3.05) is 0 Å². The molecule has 232 valence electrons. The molecule has 4 aromatic rings. The number of hydrogen-bond donors (Lipinski definition) is 0. The molecule has 0 saturated heterocycles. The number of hydrogen-bond acceptors (Lipinski definition) is 4. The molecule has 2 aliphatic heterocycles. The van der Waals surface area contributed by atoms with Gasteiger partial charge in [0.2, 0.25) is 0 Å². The van der Waals surface area contributed by atoms with Crippen molar-refractivity contribution in [2.24, 2.45) is 21.8 Å². The van der Waals surface area contributed by atoms with Gasteiger partial charge in [-0.2, -0.15) is 0 Å². The van der Waals surface area contributed by atoms with E-state index in [1.54, 1.807) is 0 Å². The van der Waals surface area contributed by atoms with Crippen LogP contribution in [0.25, 0.3) is 0 Å². The molecule has 0 saturated carbocycles. The normalized spacial score (nSPS) is 20.1. The molecule has 0 aliphatic carbocycles. The van der Waals surface area contributed by atoms with Crippen molar-refractivity contribution in [2.45, 2.75) is 85.1 Å².